The van der Waals surface area contributed by atoms with E-state index < -0.39 is 17.9 Å². The highest BCUT2D eigenvalue weighted by Gasteiger charge is 2.33. The third-order valence-corrected chi connectivity index (χ3v) is 6.23. The molecule has 3 rings (SSSR count). The molecule has 0 unspecified atom stereocenters. The molecule has 0 aliphatic heterocycles. The van der Waals surface area contributed by atoms with Gasteiger partial charge in [-0.2, -0.15) is 4.37 Å². The third-order valence-electron chi connectivity index (χ3n) is 5.38. The Morgan fingerprint density at radius 2 is 1.90 bits per heavy atom. The molecule has 1 aromatic heterocycles. The van der Waals surface area contributed by atoms with Crippen LogP contribution in [0.2, 0.25) is 0 Å². The standard InChI is InChI=1S/C21H27N5O3S/c1-2-15(20(28)24-14-10-6-7-11-14)26(12-13-8-4-3-5-9-13)21(29)18-16(22)17(19(23)27)25-30-18/h3-5,8-9,14-15H,2,6-7,10-12,22H2,1H3,(H2,23,27)(H,24,28)/t15-/m0/s1. The van der Waals surface area contributed by atoms with Crippen LogP contribution in [0.4, 0.5) is 5.69 Å². The number of carbonyl (C=O) groups excluding carboxylic acids is 3. The molecule has 8 nitrogen and oxygen atoms in total. The summed E-state index contributed by atoms with van der Waals surface area (Å²) in [5.41, 5.74) is 12.0. The van der Waals surface area contributed by atoms with Crippen LogP contribution < -0.4 is 16.8 Å². The zero-order chi connectivity index (χ0) is 21.7. The first-order chi connectivity index (χ1) is 14.4. The first-order valence-corrected chi connectivity index (χ1v) is 10.9. The predicted octanol–water partition coefficient (Wildman–Crippen LogP) is 2.30. The number of nitrogens with two attached hydrogens (primary N) is 2. The van der Waals surface area contributed by atoms with Gasteiger partial charge in [0.2, 0.25) is 5.91 Å². The van der Waals surface area contributed by atoms with Gasteiger partial charge in [0, 0.05) is 12.6 Å². The predicted molar refractivity (Wildman–Crippen MR) is 116 cm³/mol. The summed E-state index contributed by atoms with van der Waals surface area (Å²) < 4.78 is 3.93. The number of primary amides is 1. The topological polar surface area (TPSA) is 131 Å². The number of amides is 3. The van der Waals surface area contributed by atoms with E-state index in [0.717, 1.165) is 42.8 Å². The first-order valence-electron chi connectivity index (χ1n) is 10.1. The molecule has 1 heterocycles. The molecule has 1 aliphatic carbocycles. The fraction of sp³-hybridized carbons (Fsp3) is 0.429. The van der Waals surface area contributed by atoms with Crippen molar-refractivity contribution >= 4 is 34.9 Å². The van der Waals surface area contributed by atoms with E-state index in [2.05, 4.69) is 9.69 Å². The zero-order valence-electron chi connectivity index (χ0n) is 17.0. The normalized spacial score (nSPS) is 15.0. The van der Waals surface area contributed by atoms with Gasteiger partial charge in [-0.15, -0.1) is 0 Å². The van der Waals surface area contributed by atoms with E-state index in [0.29, 0.717) is 6.42 Å². The van der Waals surface area contributed by atoms with Crippen molar-refractivity contribution in [3.05, 3.63) is 46.5 Å². The molecule has 30 heavy (non-hydrogen) atoms. The smallest absolute Gasteiger partial charge is 0.270 e. The molecule has 0 radical (unpaired) electrons. The molecule has 2 aromatic rings. The molecule has 9 heteroatoms. The Bertz CT molecular complexity index is 909. The number of nitrogens with zero attached hydrogens (tertiary/aromatic N) is 2. The minimum absolute atomic E-state index is 0.0402. The van der Waals surface area contributed by atoms with Crippen molar-refractivity contribution < 1.29 is 14.4 Å². The molecule has 0 saturated heterocycles. The molecule has 1 aliphatic rings. The lowest BCUT2D eigenvalue weighted by Crippen LogP contribution is -2.50. The number of nitrogens with one attached hydrogen (secondary N) is 1. The Morgan fingerprint density at radius 1 is 1.23 bits per heavy atom. The van der Waals surface area contributed by atoms with Crippen molar-refractivity contribution in [3.63, 3.8) is 0 Å². The van der Waals surface area contributed by atoms with Gasteiger partial charge in [0.15, 0.2) is 5.69 Å². The van der Waals surface area contributed by atoms with E-state index in [1.165, 1.54) is 4.90 Å². The SMILES string of the molecule is CC[C@@H](C(=O)NC1CCCC1)N(Cc1ccccc1)C(=O)c1snc(C(N)=O)c1N. The van der Waals surface area contributed by atoms with Crippen molar-refractivity contribution in [3.8, 4) is 0 Å². The van der Waals surface area contributed by atoms with Crippen LogP contribution in [0.1, 0.15) is 64.8 Å². The van der Waals surface area contributed by atoms with Crippen molar-refractivity contribution in [2.75, 3.05) is 5.73 Å². The van der Waals surface area contributed by atoms with E-state index in [9.17, 15) is 14.4 Å². The summed E-state index contributed by atoms with van der Waals surface area (Å²) in [4.78, 5) is 39.6. The molecule has 3 amide bonds. The summed E-state index contributed by atoms with van der Waals surface area (Å²) in [5.74, 6) is -1.40. The van der Waals surface area contributed by atoms with Gasteiger partial charge in [-0.05, 0) is 36.4 Å². The minimum atomic E-state index is -0.788. The third kappa shape index (κ3) is 4.79. The molecule has 1 saturated carbocycles. The second-order valence-corrected chi connectivity index (χ2v) is 8.24. The number of nitrogen functional groups attached to an aromatic ring is 1. The van der Waals surface area contributed by atoms with Crippen LogP contribution in [0.5, 0.6) is 0 Å². The van der Waals surface area contributed by atoms with E-state index >= 15 is 0 Å². The van der Waals surface area contributed by atoms with Crippen molar-refractivity contribution in [2.45, 2.75) is 57.7 Å². The monoisotopic (exact) mass is 429 g/mol. The van der Waals surface area contributed by atoms with E-state index in [4.69, 9.17) is 11.5 Å². The number of benzene rings is 1. The molecule has 0 spiro atoms. The lowest BCUT2D eigenvalue weighted by Gasteiger charge is -2.31. The van der Waals surface area contributed by atoms with Crippen molar-refractivity contribution in [1.82, 2.24) is 14.6 Å². The summed E-state index contributed by atoms with van der Waals surface area (Å²) >= 11 is 0.825. The summed E-state index contributed by atoms with van der Waals surface area (Å²) in [6, 6.07) is 8.92. The largest absolute Gasteiger partial charge is 0.395 e. The van der Waals surface area contributed by atoms with Crippen molar-refractivity contribution in [2.24, 2.45) is 5.73 Å². The van der Waals surface area contributed by atoms with Crippen LogP contribution >= 0.6 is 11.5 Å². The Kier molecular flexibility index (Phi) is 7.04. The summed E-state index contributed by atoms with van der Waals surface area (Å²) in [6.07, 6.45) is 4.55. The molecular weight excluding hydrogens is 402 g/mol. The fourth-order valence-corrected chi connectivity index (χ4v) is 4.54. The summed E-state index contributed by atoms with van der Waals surface area (Å²) in [5, 5.41) is 3.09. The summed E-state index contributed by atoms with van der Waals surface area (Å²) in [7, 11) is 0. The number of carbonyl (C=O) groups is 3. The van der Waals surface area contributed by atoms with E-state index in [1.54, 1.807) is 0 Å². The molecule has 5 N–H and O–H groups in total. The lowest BCUT2D eigenvalue weighted by molar-refractivity contribution is -0.126. The number of aromatic nitrogens is 1. The molecule has 0 bridgehead atoms. The first kappa shape index (κ1) is 21.8. The Labute approximate surface area is 179 Å². The van der Waals surface area contributed by atoms with Crippen LogP contribution in [0.15, 0.2) is 30.3 Å². The maximum Gasteiger partial charge on any atom is 0.270 e. The Balaban J connectivity index is 1.91. The van der Waals surface area contributed by atoms with Crippen LogP contribution in [0.3, 0.4) is 0 Å². The zero-order valence-corrected chi connectivity index (χ0v) is 17.8. The quantitative estimate of drug-likeness (QED) is 0.592. The van der Waals surface area contributed by atoms with Crippen LogP contribution in [0, 0.1) is 0 Å². The molecular formula is C21H27N5O3S. The van der Waals surface area contributed by atoms with Crippen LogP contribution in [-0.2, 0) is 11.3 Å². The van der Waals surface area contributed by atoms with Crippen molar-refractivity contribution in [1.29, 1.82) is 0 Å². The summed E-state index contributed by atoms with van der Waals surface area (Å²) in [6.45, 7) is 2.11. The number of anilines is 1. The maximum atomic E-state index is 13.4. The Morgan fingerprint density at radius 3 is 2.47 bits per heavy atom. The average molecular weight is 430 g/mol. The van der Waals surface area contributed by atoms with Gasteiger partial charge < -0.3 is 21.7 Å². The number of hydrogen-bond donors (Lipinski definition) is 3. The average Bonchev–Trinajstić information content (AvgIpc) is 3.37. The van der Waals surface area contributed by atoms with E-state index in [1.807, 2.05) is 37.3 Å². The molecule has 1 atom stereocenters. The highest BCUT2D eigenvalue weighted by molar-refractivity contribution is 7.09. The van der Waals surface area contributed by atoms with E-state index in [-0.39, 0.29) is 34.8 Å². The van der Waals surface area contributed by atoms with Gasteiger partial charge in [-0.3, -0.25) is 14.4 Å². The Hall–Kier alpha value is -2.94. The number of rotatable bonds is 8. The second-order valence-electron chi connectivity index (χ2n) is 7.47. The van der Waals surface area contributed by atoms with Gasteiger partial charge in [-0.1, -0.05) is 50.1 Å². The maximum absolute atomic E-state index is 13.4. The van der Waals surface area contributed by atoms with Crippen LogP contribution in [0.25, 0.3) is 0 Å². The van der Waals surface area contributed by atoms with Gasteiger partial charge in [0.05, 0.1) is 5.69 Å². The molecule has 1 aromatic carbocycles. The lowest BCUT2D eigenvalue weighted by atomic mass is 10.1. The van der Waals surface area contributed by atoms with Gasteiger partial charge >= 0.3 is 0 Å². The fourth-order valence-electron chi connectivity index (χ4n) is 3.78. The highest BCUT2D eigenvalue weighted by Crippen LogP contribution is 2.26. The highest BCUT2D eigenvalue weighted by atomic mass is 32.1. The molecule has 1 fully saturated rings. The minimum Gasteiger partial charge on any atom is -0.395 e. The van der Waals surface area contributed by atoms with Crippen LogP contribution in [-0.4, -0.2) is 39.1 Å². The van der Waals surface area contributed by atoms with Gasteiger partial charge in [0.25, 0.3) is 11.8 Å². The molecule has 160 valence electrons. The number of hydrogen-bond acceptors (Lipinski definition) is 6. The second kappa shape index (κ2) is 9.71. The van der Waals surface area contributed by atoms with Gasteiger partial charge in [-0.25, -0.2) is 0 Å². The van der Waals surface area contributed by atoms with Gasteiger partial charge in [0.1, 0.15) is 10.9 Å².